The number of nitrogens with zero attached hydrogens (tertiary/aromatic N) is 2. The number of ether oxygens (including phenoxy) is 1. The van der Waals surface area contributed by atoms with Crippen LogP contribution in [-0.4, -0.2) is 28.4 Å². The molecule has 0 aliphatic heterocycles. The molecule has 0 saturated carbocycles. The molecule has 0 bridgehead atoms. The van der Waals surface area contributed by atoms with E-state index in [0.29, 0.717) is 4.99 Å². The van der Waals surface area contributed by atoms with Gasteiger partial charge in [0.15, 0.2) is 0 Å². The average Bonchev–Trinajstić information content (AvgIpc) is 2.84. The van der Waals surface area contributed by atoms with Crippen molar-refractivity contribution in [2.75, 3.05) is 19.0 Å². The minimum atomic E-state index is 0.366. The molecular formula is C14H18N4OS. The van der Waals surface area contributed by atoms with Crippen LogP contribution in [0.1, 0.15) is 11.1 Å². The van der Waals surface area contributed by atoms with E-state index in [9.17, 15) is 0 Å². The molecule has 0 aliphatic rings. The molecule has 6 heteroatoms. The first-order valence-corrected chi connectivity index (χ1v) is 6.71. The predicted octanol–water partition coefficient (Wildman–Crippen LogP) is 1.95. The molecule has 2 aromatic rings. The standard InChI is InChI=1S/C14H18N4OS/c1-10-8-17-18(9-10)6-5-16-13-7-11(19-2)3-4-12(13)14(15)20/h3-4,7-9,16H,5-6H2,1-2H3,(H2,15,20). The highest BCUT2D eigenvalue weighted by Gasteiger charge is 2.06. The summed E-state index contributed by atoms with van der Waals surface area (Å²) < 4.78 is 7.11. The fourth-order valence-electron chi connectivity index (χ4n) is 1.91. The Bertz CT molecular complexity index is 609. The summed E-state index contributed by atoms with van der Waals surface area (Å²) in [7, 11) is 1.63. The third kappa shape index (κ3) is 3.48. The summed E-state index contributed by atoms with van der Waals surface area (Å²) >= 11 is 5.06. The van der Waals surface area contributed by atoms with E-state index in [2.05, 4.69) is 10.4 Å². The van der Waals surface area contributed by atoms with E-state index in [1.165, 1.54) is 0 Å². The van der Waals surface area contributed by atoms with Gasteiger partial charge in [0.2, 0.25) is 0 Å². The van der Waals surface area contributed by atoms with Gasteiger partial charge >= 0.3 is 0 Å². The topological polar surface area (TPSA) is 65.1 Å². The van der Waals surface area contributed by atoms with Crippen LogP contribution < -0.4 is 15.8 Å². The van der Waals surface area contributed by atoms with Crippen LogP contribution in [0.5, 0.6) is 5.75 Å². The fourth-order valence-corrected chi connectivity index (χ4v) is 2.08. The van der Waals surface area contributed by atoms with Crippen LogP contribution in [0.15, 0.2) is 30.6 Å². The highest BCUT2D eigenvalue weighted by molar-refractivity contribution is 7.80. The van der Waals surface area contributed by atoms with Gasteiger partial charge in [-0.3, -0.25) is 4.68 Å². The number of benzene rings is 1. The third-order valence-corrected chi connectivity index (χ3v) is 3.13. The molecule has 20 heavy (non-hydrogen) atoms. The number of anilines is 1. The molecule has 0 amide bonds. The molecule has 0 aliphatic carbocycles. The van der Waals surface area contributed by atoms with Crippen LogP contribution >= 0.6 is 12.2 Å². The summed E-state index contributed by atoms with van der Waals surface area (Å²) in [6.45, 7) is 3.51. The number of aromatic nitrogens is 2. The Kier molecular flexibility index (Phi) is 4.57. The van der Waals surface area contributed by atoms with Crippen molar-refractivity contribution in [3.63, 3.8) is 0 Å². The minimum absolute atomic E-state index is 0.366. The molecule has 0 unspecified atom stereocenters. The lowest BCUT2D eigenvalue weighted by Crippen LogP contribution is -2.16. The zero-order valence-electron chi connectivity index (χ0n) is 11.6. The lowest BCUT2D eigenvalue weighted by molar-refractivity contribution is 0.415. The lowest BCUT2D eigenvalue weighted by Gasteiger charge is -2.12. The molecule has 0 radical (unpaired) electrons. The quantitative estimate of drug-likeness (QED) is 0.796. The zero-order chi connectivity index (χ0) is 14.5. The fraction of sp³-hybridized carbons (Fsp3) is 0.286. The van der Waals surface area contributed by atoms with Crippen molar-refractivity contribution < 1.29 is 4.74 Å². The highest BCUT2D eigenvalue weighted by Crippen LogP contribution is 2.22. The molecule has 0 spiro atoms. The molecule has 0 fully saturated rings. The van der Waals surface area contributed by atoms with Crippen LogP contribution in [0.2, 0.25) is 0 Å². The summed E-state index contributed by atoms with van der Waals surface area (Å²) in [5.74, 6) is 0.766. The SMILES string of the molecule is COc1ccc(C(N)=S)c(NCCn2cc(C)cn2)c1. The van der Waals surface area contributed by atoms with Gasteiger partial charge in [0, 0.05) is 30.1 Å². The Labute approximate surface area is 123 Å². The van der Waals surface area contributed by atoms with Gasteiger partial charge in [-0.25, -0.2) is 0 Å². The Balaban J connectivity index is 2.05. The van der Waals surface area contributed by atoms with E-state index in [-0.39, 0.29) is 0 Å². The van der Waals surface area contributed by atoms with Gasteiger partial charge in [0.05, 0.1) is 19.9 Å². The maximum absolute atomic E-state index is 5.73. The van der Waals surface area contributed by atoms with E-state index in [1.807, 2.05) is 42.2 Å². The first-order valence-electron chi connectivity index (χ1n) is 6.31. The van der Waals surface area contributed by atoms with E-state index < -0.39 is 0 Å². The zero-order valence-corrected chi connectivity index (χ0v) is 12.4. The second kappa shape index (κ2) is 6.38. The van der Waals surface area contributed by atoms with Gasteiger partial charge in [0.1, 0.15) is 10.7 Å². The second-order valence-corrected chi connectivity index (χ2v) is 4.92. The summed E-state index contributed by atoms with van der Waals surface area (Å²) in [4.78, 5) is 0.366. The summed E-state index contributed by atoms with van der Waals surface area (Å²) in [6.07, 6.45) is 3.84. The van der Waals surface area contributed by atoms with Crippen molar-refractivity contribution in [1.29, 1.82) is 0 Å². The van der Waals surface area contributed by atoms with E-state index in [1.54, 1.807) is 7.11 Å². The van der Waals surface area contributed by atoms with Crippen molar-refractivity contribution in [3.05, 3.63) is 41.7 Å². The summed E-state index contributed by atoms with van der Waals surface area (Å²) in [5.41, 5.74) is 8.57. The third-order valence-electron chi connectivity index (χ3n) is 2.91. The van der Waals surface area contributed by atoms with E-state index >= 15 is 0 Å². The van der Waals surface area contributed by atoms with Crippen molar-refractivity contribution in [2.45, 2.75) is 13.5 Å². The largest absolute Gasteiger partial charge is 0.497 e. The number of hydrogen-bond donors (Lipinski definition) is 2. The van der Waals surface area contributed by atoms with Gasteiger partial charge in [-0.15, -0.1) is 0 Å². The Hall–Kier alpha value is -2.08. The van der Waals surface area contributed by atoms with Crippen LogP contribution in [0.4, 0.5) is 5.69 Å². The van der Waals surface area contributed by atoms with Gasteiger partial charge in [-0.05, 0) is 24.6 Å². The molecule has 3 N–H and O–H groups in total. The Morgan fingerprint density at radius 1 is 1.50 bits per heavy atom. The monoisotopic (exact) mass is 290 g/mol. The highest BCUT2D eigenvalue weighted by atomic mass is 32.1. The van der Waals surface area contributed by atoms with Crippen LogP contribution in [0.25, 0.3) is 0 Å². The first-order chi connectivity index (χ1) is 9.60. The summed E-state index contributed by atoms with van der Waals surface area (Å²) in [6, 6.07) is 5.60. The Morgan fingerprint density at radius 2 is 2.30 bits per heavy atom. The lowest BCUT2D eigenvalue weighted by atomic mass is 10.1. The van der Waals surface area contributed by atoms with Gasteiger partial charge in [-0.1, -0.05) is 12.2 Å². The van der Waals surface area contributed by atoms with E-state index in [4.69, 9.17) is 22.7 Å². The van der Waals surface area contributed by atoms with Gasteiger partial charge in [-0.2, -0.15) is 5.10 Å². The summed E-state index contributed by atoms with van der Waals surface area (Å²) in [5, 5.41) is 7.56. The number of nitrogens with two attached hydrogens (primary N) is 1. The van der Waals surface area contributed by atoms with Crippen LogP contribution in [-0.2, 0) is 6.54 Å². The number of hydrogen-bond acceptors (Lipinski definition) is 4. The van der Waals surface area contributed by atoms with Gasteiger partial charge in [0.25, 0.3) is 0 Å². The van der Waals surface area contributed by atoms with Crippen LogP contribution in [0.3, 0.4) is 0 Å². The van der Waals surface area contributed by atoms with Crippen molar-refractivity contribution >= 4 is 22.9 Å². The molecule has 0 saturated heterocycles. The molecule has 5 nitrogen and oxygen atoms in total. The average molecular weight is 290 g/mol. The number of rotatable bonds is 6. The normalized spacial score (nSPS) is 10.3. The molecule has 1 heterocycles. The number of aryl methyl sites for hydroxylation is 1. The molecule has 0 atom stereocenters. The molecule has 2 rings (SSSR count). The predicted molar refractivity (Wildman–Crippen MR) is 84.3 cm³/mol. The van der Waals surface area contributed by atoms with Gasteiger partial charge < -0.3 is 15.8 Å². The molecule has 106 valence electrons. The molecule has 1 aromatic heterocycles. The minimum Gasteiger partial charge on any atom is -0.497 e. The maximum atomic E-state index is 5.73. The van der Waals surface area contributed by atoms with Crippen LogP contribution in [0, 0.1) is 6.92 Å². The second-order valence-electron chi connectivity index (χ2n) is 4.48. The van der Waals surface area contributed by atoms with Crippen molar-refractivity contribution in [3.8, 4) is 5.75 Å². The van der Waals surface area contributed by atoms with Crippen molar-refractivity contribution in [2.24, 2.45) is 5.73 Å². The number of nitrogens with one attached hydrogen (secondary N) is 1. The molecule has 1 aromatic carbocycles. The number of methoxy groups -OCH3 is 1. The van der Waals surface area contributed by atoms with E-state index in [0.717, 1.165) is 35.7 Å². The number of thiocarbonyl (C=S) groups is 1. The first kappa shape index (κ1) is 14.3. The maximum Gasteiger partial charge on any atom is 0.120 e. The smallest absolute Gasteiger partial charge is 0.120 e. The van der Waals surface area contributed by atoms with Crippen molar-refractivity contribution in [1.82, 2.24) is 9.78 Å². The Morgan fingerprint density at radius 3 is 2.90 bits per heavy atom. The molecular weight excluding hydrogens is 272 g/mol.